The highest BCUT2D eigenvalue weighted by Crippen LogP contribution is 2.41. The van der Waals surface area contributed by atoms with E-state index in [-0.39, 0.29) is 42.3 Å². The number of nitrogens with zero attached hydrogens (tertiary/aromatic N) is 2. The van der Waals surface area contributed by atoms with Crippen LogP contribution >= 0.6 is 0 Å². The molecule has 0 bridgehead atoms. The second kappa shape index (κ2) is 6.93. The second-order valence-corrected chi connectivity index (χ2v) is 7.03. The van der Waals surface area contributed by atoms with Crippen molar-refractivity contribution in [2.75, 3.05) is 20.2 Å². The van der Waals surface area contributed by atoms with Gasteiger partial charge in [0.25, 0.3) is 0 Å². The number of amides is 2. The number of hydrogen-bond acceptors (Lipinski definition) is 3. The van der Waals surface area contributed by atoms with Crippen molar-refractivity contribution in [3.63, 3.8) is 0 Å². The van der Waals surface area contributed by atoms with Crippen molar-refractivity contribution in [3.05, 3.63) is 35.9 Å². The highest BCUT2D eigenvalue weighted by molar-refractivity contribution is 5.80. The summed E-state index contributed by atoms with van der Waals surface area (Å²) in [4.78, 5) is 28.0. The SMILES string of the molecule is CC(=O)N1[C@H](CN(C)C(=O)C2CCC2)[C@@H](c2ccccc2)[C@@H]1CO. The van der Waals surface area contributed by atoms with Crippen LogP contribution in [0.4, 0.5) is 0 Å². The summed E-state index contributed by atoms with van der Waals surface area (Å²) < 4.78 is 0. The van der Waals surface area contributed by atoms with E-state index in [0.717, 1.165) is 24.8 Å². The van der Waals surface area contributed by atoms with Crippen molar-refractivity contribution < 1.29 is 14.7 Å². The van der Waals surface area contributed by atoms with Crippen molar-refractivity contribution in [2.24, 2.45) is 5.92 Å². The van der Waals surface area contributed by atoms with Gasteiger partial charge in [0.15, 0.2) is 0 Å². The maximum absolute atomic E-state index is 12.4. The number of aliphatic hydroxyl groups is 1. The van der Waals surface area contributed by atoms with Crippen molar-refractivity contribution in [2.45, 2.75) is 44.2 Å². The highest BCUT2D eigenvalue weighted by atomic mass is 16.3. The number of carbonyl (C=O) groups excluding carboxylic acids is 2. The van der Waals surface area contributed by atoms with Gasteiger partial charge in [-0.1, -0.05) is 36.8 Å². The van der Waals surface area contributed by atoms with E-state index in [0.29, 0.717) is 6.54 Å². The summed E-state index contributed by atoms with van der Waals surface area (Å²) in [5.74, 6) is 0.362. The lowest BCUT2D eigenvalue weighted by Gasteiger charge is -2.55. The molecule has 1 heterocycles. The third-order valence-electron chi connectivity index (χ3n) is 5.57. The Kier molecular flexibility index (Phi) is 4.90. The van der Waals surface area contributed by atoms with E-state index in [1.54, 1.807) is 9.80 Å². The number of hydrogen-bond donors (Lipinski definition) is 1. The molecule has 3 atom stereocenters. The Bertz CT molecular complexity index is 600. The van der Waals surface area contributed by atoms with Gasteiger partial charge in [0.1, 0.15) is 0 Å². The zero-order chi connectivity index (χ0) is 17.3. The number of rotatable bonds is 5. The standard InChI is InChI=1S/C19H26N2O3/c1-13(23)21-16(11-20(2)19(24)15-9-6-10-15)18(17(21)12-22)14-7-4-3-5-8-14/h3-5,7-8,15-18,22H,6,9-12H2,1-2H3/t16-,17+,18-/m1/s1. The van der Waals surface area contributed by atoms with E-state index < -0.39 is 0 Å². The van der Waals surface area contributed by atoms with Crippen molar-refractivity contribution in [1.29, 1.82) is 0 Å². The van der Waals surface area contributed by atoms with Gasteiger partial charge in [-0.25, -0.2) is 0 Å². The second-order valence-electron chi connectivity index (χ2n) is 7.03. The smallest absolute Gasteiger partial charge is 0.225 e. The molecule has 1 aromatic carbocycles. The van der Waals surface area contributed by atoms with Crippen molar-refractivity contribution in [3.8, 4) is 0 Å². The lowest BCUT2D eigenvalue weighted by molar-refractivity contribution is -0.153. The maximum atomic E-state index is 12.4. The molecule has 5 heteroatoms. The molecule has 3 rings (SSSR count). The predicted molar refractivity (Wildman–Crippen MR) is 91.3 cm³/mol. The van der Waals surface area contributed by atoms with Crippen LogP contribution < -0.4 is 0 Å². The molecule has 5 nitrogen and oxygen atoms in total. The fraction of sp³-hybridized carbons (Fsp3) is 0.579. The summed E-state index contributed by atoms with van der Waals surface area (Å²) in [7, 11) is 1.83. The fourth-order valence-electron chi connectivity index (χ4n) is 4.07. The lowest BCUT2D eigenvalue weighted by atomic mass is 9.74. The minimum atomic E-state index is -0.206. The Hall–Kier alpha value is -1.88. The third-order valence-corrected chi connectivity index (χ3v) is 5.57. The molecule has 1 aliphatic heterocycles. The molecular formula is C19H26N2O3. The van der Waals surface area contributed by atoms with Crippen LogP contribution in [0.1, 0.15) is 37.7 Å². The molecule has 24 heavy (non-hydrogen) atoms. The van der Waals surface area contributed by atoms with Crippen LogP contribution in [0.2, 0.25) is 0 Å². The molecule has 0 spiro atoms. The molecule has 2 fully saturated rings. The van der Waals surface area contributed by atoms with E-state index in [4.69, 9.17) is 0 Å². The summed E-state index contributed by atoms with van der Waals surface area (Å²) in [6.07, 6.45) is 3.09. The zero-order valence-electron chi connectivity index (χ0n) is 14.4. The molecule has 2 amide bonds. The number of benzene rings is 1. The Morgan fingerprint density at radius 1 is 1.21 bits per heavy atom. The van der Waals surface area contributed by atoms with Crippen LogP contribution in [0, 0.1) is 5.92 Å². The van der Waals surface area contributed by atoms with Gasteiger partial charge in [-0.2, -0.15) is 0 Å². The van der Waals surface area contributed by atoms with Gasteiger partial charge in [-0.05, 0) is 18.4 Å². The van der Waals surface area contributed by atoms with Gasteiger partial charge >= 0.3 is 0 Å². The van der Waals surface area contributed by atoms with Gasteiger partial charge in [0.05, 0.1) is 18.7 Å². The molecule has 0 aromatic heterocycles. The molecule has 1 saturated carbocycles. The quantitative estimate of drug-likeness (QED) is 0.892. The van der Waals surface area contributed by atoms with Crippen molar-refractivity contribution >= 4 is 11.8 Å². The topological polar surface area (TPSA) is 60.9 Å². The number of likely N-dealkylation sites (tertiary alicyclic amines) is 1. The lowest BCUT2D eigenvalue weighted by Crippen LogP contribution is -2.68. The summed E-state index contributed by atoms with van der Waals surface area (Å²) in [6.45, 7) is 1.99. The van der Waals surface area contributed by atoms with E-state index >= 15 is 0 Å². The molecule has 1 N–H and O–H groups in total. The first-order chi connectivity index (χ1) is 11.5. The summed E-state index contributed by atoms with van der Waals surface area (Å²) >= 11 is 0. The van der Waals surface area contributed by atoms with E-state index in [9.17, 15) is 14.7 Å². The Morgan fingerprint density at radius 2 is 1.88 bits per heavy atom. The molecular weight excluding hydrogens is 304 g/mol. The number of aliphatic hydroxyl groups excluding tert-OH is 1. The van der Waals surface area contributed by atoms with Crippen LogP contribution in [-0.4, -0.2) is 59.0 Å². The van der Waals surface area contributed by atoms with Gasteiger partial charge in [0.2, 0.25) is 11.8 Å². The molecule has 0 radical (unpaired) electrons. The van der Waals surface area contributed by atoms with Crippen LogP contribution in [0.15, 0.2) is 30.3 Å². The summed E-state index contributed by atoms with van der Waals surface area (Å²) in [6, 6.07) is 9.69. The zero-order valence-corrected chi connectivity index (χ0v) is 14.4. The Balaban J connectivity index is 1.78. The van der Waals surface area contributed by atoms with E-state index in [2.05, 4.69) is 0 Å². The Morgan fingerprint density at radius 3 is 2.38 bits per heavy atom. The number of likely N-dealkylation sites (N-methyl/N-ethyl adjacent to an activating group) is 1. The average molecular weight is 330 g/mol. The fourth-order valence-corrected chi connectivity index (χ4v) is 4.07. The van der Waals surface area contributed by atoms with Crippen LogP contribution in [0.3, 0.4) is 0 Å². The van der Waals surface area contributed by atoms with Gasteiger partial charge in [-0.3, -0.25) is 9.59 Å². The normalized spacial score (nSPS) is 26.5. The van der Waals surface area contributed by atoms with Crippen LogP contribution in [0.25, 0.3) is 0 Å². The minimum absolute atomic E-state index is 0.0456. The maximum Gasteiger partial charge on any atom is 0.225 e. The van der Waals surface area contributed by atoms with Gasteiger partial charge in [-0.15, -0.1) is 0 Å². The van der Waals surface area contributed by atoms with Gasteiger partial charge in [0, 0.05) is 32.4 Å². The first-order valence-corrected chi connectivity index (χ1v) is 8.74. The number of carbonyl (C=O) groups is 2. The van der Waals surface area contributed by atoms with Crippen LogP contribution in [0.5, 0.6) is 0 Å². The monoisotopic (exact) mass is 330 g/mol. The summed E-state index contributed by atoms with van der Waals surface area (Å²) in [5.41, 5.74) is 1.11. The first kappa shape index (κ1) is 17.0. The molecule has 1 saturated heterocycles. The molecule has 130 valence electrons. The molecule has 0 unspecified atom stereocenters. The minimum Gasteiger partial charge on any atom is -0.394 e. The summed E-state index contributed by atoms with van der Waals surface area (Å²) in [5, 5.41) is 9.76. The molecule has 1 aromatic rings. The predicted octanol–water partition coefficient (Wildman–Crippen LogP) is 1.62. The third kappa shape index (κ3) is 2.93. The molecule has 2 aliphatic rings. The van der Waals surface area contributed by atoms with E-state index in [1.807, 2.05) is 37.4 Å². The largest absolute Gasteiger partial charge is 0.394 e. The molecule has 1 aliphatic carbocycles. The first-order valence-electron chi connectivity index (χ1n) is 8.74. The average Bonchev–Trinajstić information content (AvgIpc) is 2.49. The van der Waals surface area contributed by atoms with Crippen LogP contribution in [-0.2, 0) is 9.59 Å². The van der Waals surface area contributed by atoms with Gasteiger partial charge < -0.3 is 14.9 Å². The van der Waals surface area contributed by atoms with Crippen molar-refractivity contribution in [1.82, 2.24) is 9.80 Å². The Labute approximate surface area is 143 Å². The van der Waals surface area contributed by atoms with E-state index in [1.165, 1.54) is 6.92 Å². The highest BCUT2D eigenvalue weighted by Gasteiger charge is 2.50.